The van der Waals surface area contributed by atoms with Gasteiger partial charge in [-0.2, -0.15) is 0 Å². The van der Waals surface area contributed by atoms with Gasteiger partial charge in [0.2, 0.25) is 0 Å². The van der Waals surface area contributed by atoms with Crippen LogP contribution in [0.3, 0.4) is 0 Å². The number of nitrogens with one attached hydrogen (secondary N) is 2. The minimum Gasteiger partial charge on any atom is -0.366 e. The smallest absolute Gasteiger partial charge is 0.251 e. The van der Waals surface area contributed by atoms with Crippen LogP contribution >= 0.6 is 0 Å². The maximum atomic E-state index is 12.5. The molecule has 1 unspecified atom stereocenters. The Labute approximate surface area is 165 Å². The van der Waals surface area contributed by atoms with E-state index in [-0.39, 0.29) is 5.91 Å². The average molecular weight is 378 g/mol. The molecule has 2 N–H and O–H groups in total. The summed E-state index contributed by atoms with van der Waals surface area (Å²) in [4.78, 5) is 19.3. The molecule has 1 saturated heterocycles. The van der Waals surface area contributed by atoms with E-state index in [0.717, 1.165) is 43.1 Å². The second-order valence-corrected chi connectivity index (χ2v) is 7.26. The summed E-state index contributed by atoms with van der Waals surface area (Å²) in [6.45, 7) is 5.43. The molecule has 0 saturated carbocycles. The SMILES string of the molecule is CCOCN1CCC(Nc2ccc(NC(=O)C3=Cc4ccccc4C3)cn2)C1. The molecule has 1 aromatic carbocycles. The first-order valence-electron chi connectivity index (χ1n) is 9.84. The van der Waals surface area contributed by atoms with Gasteiger partial charge in [-0.15, -0.1) is 0 Å². The molecule has 2 aromatic rings. The van der Waals surface area contributed by atoms with E-state index in [0.29, 0.717) is 24.9 Å². The zero-order valence-electron chi connectivity index (χ0n) is 16.1. The highest BCUT2D eigenvalue weighted by molar-refractivity contribution is 6.08. The van der Waals surface area contributed by atoms with E-state index in [1.807, 2.05) is 43.3 Å². The monoisotopic (exact) mass is 378 g/mol. The molecule has 1 aromatic heterocycles. The summed E-state index contributed by atoms with van der Waals surface area (Å²) < 4.78 is 5.47. The topological polar surface area (TPSA) is 66.5 Å². The number of carbonyl (C=O) groups excluding carboxylic acids is 1. The summed E-state index contributed by atoms with van der Waals surface area (Å²) in [5.74, 6) is 0.759. The lowest BCUT2D eigenvalue weighted by molar-refractivity contribution is -0.112. The number of aromatic nitrogens is 1. The lowest BCUT2D eigenvalue weighted by atomic mass is 10.1. The number of fused-ring (bicyclic) bond motifs is 1. The third-order valence-corrected chi connectivity index (χ3v) is 5.18. The van der Waals surface area contributed by atoms with Gasteiger partial charge >= 0.3 is 0 Å². The lowest BCUT2D eigenvalue weighted by Gasteiger charge is -2.16. The van der Waals surface area contributed by atoms with Crippen LogP contribution in [0.15, 0.2) is 48.2 Å². The zero-order chi connectivity index (χ0) is 19.3. The average Bonchev–Trinajstić information content (AvgIpc) is 3.34. The van der Waals surface area contributed by atoms with Gasteiger partial charge in [0, 0.05) is 37.7 Å². The summed E-state index contributed by atoms with van der Waals surface area (Å²) >= 11 is 0. The van der Waals surface area contributed by atoms with Gasteiger partial charge < -0.3 is 15.4 Å². The second-order valence-electron chi connectivity index (χ2n) is 7.26. The fourth-order valence-electron chi connectivity index (χ4n) is 3.69. The van der Waals surface area contributed by atoms with E-state index in [1.54, 1.807) is 6.20 Å². The Hall–Kier alpha value is -2.70. The van der Waals surface area contributed by atoms with Crippen molar-refractivity contribution in [3.8, 4) is 0 Å². The summed E-state index contributed by atoms with van der Waals surface area (Å²) in [5, 5.41) is 6.41. The van der Waals surface area contributed by atoms with Crippen molar-refractivity contribution >= 4 is 23.5 Å². The van der Waals surface area contributed by atoms with Crippen LogP contribution in [-0.2, 0) is 16.0 Å². The largest absolute Gasteiger partial charge is 0.366 e. The predicted molar refractivity (Wildman–Crippen MR) is 111 cm³/mol. The van der Waals surface area contributed by atoms with Crippen molar-refractivity contribution in [1.29, 1.82) is 0 Å². The van der Waals surface area contributed by atoms with E-state index in [9.17, 15) is 4.79 Å². The molecule has 2 heterocycles. The van der Waals surface area contributed by atoms with Gasteiger partial charge in [-0.25, -0.2) is 4.98 Å². The summed E-state index contributed by atoms with van der Waals surface area (Å²) in [5.41, 5.74) is 3.81. The normalized spacial score (nSPS) is 18.6. The highest BCUT2D eigenvalue weighted by atomic mass is 16.5. The molecule has 2 aliphatic rings. The fraction of sp³-hybridized carbons (Fsp3) is 0.364. The Bertz CT molecular complexity index is 863. The molecular formula is C22H26N4O2. The van der Waals surface area contributed by atoms with Crippen LogP contribution in [0.2, 0.25) is 0 Å². The van der Waals surface area contributed by atoms with Crippen LogP contribution < -0.4 is 10.6 Å². The van der Waals surface area contributed by atoms with Gasteiger partial charge in [-0.05, 0) is 42.7 Å². The maximum Gasteiger partial charge on any atom is 0.251 e. The van der Waals surface area contributed by atoms with Crippen LogP contribution in [0, 0.1) is 0 Å². The number of hydrogen-bond donors (Lipinski definition) is 2. The minimum absolute atomic E-state index is 0.0685. The van der Waals surface area contributed by atoms with Crippen molar-refractivity contribution in [2.45, 2.75) is 25.8 Å². The molecule has 28 heavy (non-hydrogen) atoms. The molecule has 1 amide bonds. The molecule has 1 aliphatic heterocycles. The van der Waals surface area contributed by atoms with Crippen molar-refractivity contribution in [1.82, 2.24) is 9.88 Å². The van der Waals surface area contributed by atoms with E-state index >= 15 is 0 Å². The number of likely N-dealkylation sites (tertiary alicyclic amines) is 1. The quantitative estimate of drug-likeness (QED) is 0.775. The third kappa shape index (κ3) is 4.40. The summed E-state index contributed by atoms with van der Waals surface area (Å²) in [6, 6.07) is 12.3. The summed E-state index contributed by atoms with van der Waals surface area (Å²) in [7, 11) is 0. The van der Waals surface area contributed by atoms with Gasteiger partial charge in [-0.3, -0.25) is 9.69 Å². The molecule has 0 bridgehead atoms. The summed E-state index contributed by atoms with van der Waals surface area (Å²) in [6.07, 6.45) is 5.41. The number of rotatable bonds is 7. The first-order valence-corrected chi connectivity index (χ1v) is 9.84. The Kier molecular flexibility index (Phi) is 5.69. The fourth-order valence-corrected chi connectivity index (χ4v) is 3.69. The number of amides is 1. The van der Waals surface area contributed by atoms with Crippen molar-refractivity contribution in [3.63, 3.8) is 0 Å². The molecule has 146 valence electrons. The first kappa shape index (κ1) is 18.7. The number of hydrogen-bond acceptors (Lipinski definition) is 5. The lowest BCUT2D eigenvalue weighted by Crippen LogP contribution is -2.28. The number of pyridine rings is 1. The maximum absolute atomic E-state index is 12.5. The van der Waals surface area contributed by atoms with Crippen LogP contribution in [0.25, 0.3) is 6.08 Å². The number of benzene rings is 1. The number of ether oxygens (including phenoxy) is 1. The van der Waals surface area contributed by atoms with Gasteiger partial charge in [0.15, 0.2) is 0 Å². The minimum atomic E-state index is -0.0685. The molecular weight excluding hydrogens is 352 g/mol. The second kappa shape index (κ2) is 8.54. The van der Waals surface area contributed by atoms with Gasteiger partial charge in [0.25, 0.3) is 5.91 Å². The van der Waals surface area contributed by atoms with E-state index < -0.39 is 0 Å². The highest BCUT2D eigenvalue weighted by Crippen LogP contribution is 2.25. The van der Waals surface area contributed by atoms with Crippen molar-refractivity contribution in [2.75, 3.05) is 37.1 Å². The first-order chi connectivity index (χ1) is 13.7. The van der Waals surface area contributed by atoms with Crippen molar-refractivity contribution in [2.24, 2.45) is 0 Å². The van der Waals surface area contributed by atoms with Crippen molar-refractivity contribution in [3.05, 3.63) is 59.3 Å². The van der Waals surface area contributed by atoms with E-state index in [4.69, 9.17) is 4.74 Å². The van der Waals surface area contributed by atoms with Gasteiger partial charge in [-0.1, -0.05) is 24.3 Å². The molecule has 1 aliphatic carbocycles. The number of nitrogens with zero attached hydrogens (tertiary/aromatic N) is 2. The van der Waals surface area contributed by atoms with E-state index in [1.165, 1.54) is 5.56 Å². The van der Waals surface area contributed by atoms with Crippen LogP contribution in [-0.4, -0.2) is 48.3 Å². The Morgan fingerprint density at radius 1 is 1.29 bits per heavy atom. The highest BCUT2D eigenvalue weighted by Gasteiger charge is 2.22. The Morgan fingerprint density at radius 3 is 2.96 bits per heavy atom. The molecule has 0 radical (unpaired) electrons. The van der Waals surface area contributed by atoms with Crippen LogP contribution in [0.5, 0.6) is 0 Å². The third-order valence-electron chi connectivity index (χ3n) is 5.18. The van der Waals surface area contributed by atoms with E-state index in [2.05, 4.69) is 26.6 Å². The molecule has 6 heteroatoms. The number of carbonyl (C=O) groups is 1. The number of anilines is 2. The molecule has 1 fully saturated rings. The Morgan fingerprint density at radius 2 is 2.18 bits per heavy atom. The molecule has 6 nitrogen and oxygen atoms in total. The Balaban J connectivity index is 1.29. The van der Waals surface area contributed by atoms with Crippen LogP contribution in [0.4, 0.5) is 11.5 Å². The molecule has 0 spiro atoms. The zero-order valence-corrected chi connectivity index (χ0v) is 16.1. The van der Waals surface area contributed by atoms with Gasteiger partial charge in [0.05, 0.1) is 18.6 Å². The standard InChI is InChI=1S/C22H26N4O2/c1-2-28-15-26-10-9-20(14-26)24-21-8-7-19(13-23-21)25-22(27)18-11-16-5-3-4-6-17(16)12-18/h3-8,11,13,20H,2,9-10,12,14-15H2,1H3,(H,23,24)(H,25,27). The molecule has 1 atom stereocenters. The van der Waals surface area contributed by atoms with Gasteiger partial charge in [0.1, 0.15) is 5.82 Å². The predicted octanol–water partition coefficient (Wildman–Crippen LogP) is 3.14. The van der Waals surface area contributed by atoms with Crippen molar-refractivity contribution < 1.29 is 9.53 Å². The molecule has 4 rings (SSSR count). The van der Waals surface area contributed by atoms with Crippen LogP contribution in [0.1, 0.15) is 24.5 Å².